The monoisotopic (exact) mass is 203 g/mol. The first-order valence-electron chi connectivity index (χ1n) is 4.83. The average molecular weight is 203 g/mol. The van der Waals surface area contributed by atoms with E-state index < -0.39 is 0 Å². The van der Waals surface area contributed by atoms with Crippen LogP contribution in [0.25, 0.3) is 0 Å². The van der Waals surface area contributed by atoms with Gasteiger partial charge in [-0.2, -0.15) is 0 Å². The fraction of sp³-hybridized carbons (Fsp3) is 0.273. The van der Waals surface area contributed by atoms with Crippen molar-refractivity contribution in [3.05, 3.63) is 30.5 Å². The van der Waals surface area contributed by atoms with Gasteiger partial charge in [0.15, 0.2) is 5.82 Å². The van der Waals surface area contributed by atoms with E-state index in [4.69, 9.17) is 0 Å². The minimum Gasteiger partial charge on any atom is -0.342 e. The number of pyridine rings is 1. The van der Waals surface area contributed by atoms with Gasteiger partial charge in [0.25, 0.3) is 0 Å². The zero-order chi connectivity index (χ0) is 10.8. The average Bonchev–Trinajstić information content (AvgIpc) is 2.20. The highest BCUT2D eigenvalue weighted by atomic mass is 16.2. The number of anilines is 2. The first-order valence-corrected chi connectivity index (χ1v) is 4.83. The molecule has 1 N–H and O–H groups in total. The van der Waals surface area contributed by atoms with E-state index in [9.17, 15) is 4.79 Å². The van der Waals surface area contributed by atoms with Crippen LogP contribution in [0.2, 0.25) is 0 Å². The summed E-state index contributed by atoms with van der Waals surface area (Å²) in [5.74, 6) is 0.829. The van der Waals surface area contributed by atoms with Gasteiger partial charge < -0.3 is 10.2 Å². The molecule has 1 aliphatic heterocycles. The Labute approximate surface area is 88.6 Å². The molecular weight excluding hydrogens is 190 g/mol. The molecule has 0 fully saturated rings. The number of amides is 1. The zero-order valence-electron chi connectivity index (χ0n) is 8.66. The molecule has 0 aliphatic carbocycles. The fourth-order valence-corrected chi connectivity index (χ4v) is 1.67. The molecule has 0 aromatic carbocycles. The van der Waals surface area contributed by atoms with E-state index in [0.717, 1.165) is 17.1 Å². The molecule has 0 saturated carbocycles. The predicted octanol–water partition coefficient (Wildman–Crippen LogP) is 1.33. The highest BCUT2D eigenvalue weighted by Gasteiger charge is 2.23. The maximum atomic E-state index is 11.4. The molecule has 4 heteroatoms. The van der Waals surface area contributed by atoms with Crippen molar-refractivity contribution >= 4 is 17.4 Å². The van der Waals surface area contributed by atoms with Crippen LogP contribution in [0.5, 0.6) is 0 Å². The predicted molar refractivity (Wildman–Crippen MR) is 60.0 cm³/mol. The smallest absolute Gasteiger partial charge is 0.244 e. The van der Waals surface area contributed by atoms with Crippen LogP contribution >= 0.6 is 0 Å². The normalized spacial score (nSPS) is 14.5. The van der Waals surface area contributed by atoms with E-state index >= 15 is 0 Å². The maximum Gasteiger partial charge on any atom is 0.244 e. The number of carbonyl (C=O) groups is 1. The molecule has 2 rings (SSSR count). The van der Waals surface area contributed by atoms with E-state index in [1.54, 1.807) is 12.3 Å². The third-order valence-corrected chi connectivity index (χ3v) is 2.39. The molecule has 0 spiro atoms. The van der Waals surface area contributed by atoms with Crippen LogP contribution in [-0.2, 0) is 4.79 Å². The molecule has 0 unspecified atom stereocenters. The third-order valence-electron chi connectivity index (χ3n) is 2.39. The van der Waals surface area contributed by atoms with Crippen LogP contribution in [0.3, 0.4) is 0 Å². The lowest BCUT2D eigenvalue weighted by Gasteiger charge is -2.29. The Hall–Kier alpha value is -1.84. The van der Waals surface area contributed by atoms with E-state index in [-0.39, 0.29) is 5.91 Å². The standard InChI is InChI=1S/C11H13N3O/c1-3-6-14-7-9(15)13-10-8(2)4-5-12-11(10)14/h3-5H,1,6-7H2,2H3,(H,13,15). The number of rotatable bonds is 2. The Morgan fingerprint density at radius 2 is 2.53 bits per heavy atom. The second-order valence-corrected chi connectivity index (χ2v) is 3.54. The van der Waals surface area contributed by atoms with Gasteiger partial charge in [-0.15, -0.1) is 6.58 Å². The largest absolute Gasteiger partial charge is 0.342 e. The van der Waals surface area contributed by atoms with Crippen molar-refractivity contribution < 1.29 is 4.79 Å². The summed E-state index contributed by atoms with van der Waals surface area (Å²) in [5.41, 5.74) is 1.85. The Balaban J connectivity index is 2.45. The Bertz CT molecular complexity index is 414. The second-order valence-electron chi connectivity index (χ2n) is 3.54. The lowest BCUT2D eigenvalue weighted by atomic mass is 10.2. The molecular formula is C11H13N3O. The van der Waals surface area contributed by atoms with Gasteiger partial charge in [-0.1, -0.05) is 6.08 Å². The summed E-state index contributed by atoms with van der Waals surface area (Å²) >= 11 is 0. The van der Waals surface area contributed by atoms with Crippen LogP contribution in [-0.4, -0.2) is 24.0 Å². The van der Waals surface area contributed by atoms with Gasteiger partial charge in [-0.25, -0.2) is 4.98 Å². The number of hydrogen-bond acceptors (Lipinski definition) is 3. The highest BCUT2D eigenvalue weighted by molar-refractivity contribution is 6.01. The van der Waals surface area contributed by atoms with Crippen LogP contribution < -0.4 is 10.2 Å². The van der Waals surface area contributed by atoms with Crippen molar-refractivity contribution in [2.45, 2.75) is 6.92 Å². The molecule has 1 amide bonds. The third kappa shape index (κ3) is 1.70. The highest BCUT2D eigenvalue weighted by Crippen LogP contribution is 2.29. The molecule has 15 heavy (non-hydrogen) atoms. The Morgan fingerprint density at radius 1 is 1.73 bits per heavy atom. The molecule has 0 saturated heterocycles. The van der Waals surface area contributed by atoms with E-state index in [2.05, 4.69) is 16.9 Å². The lowest BCUT2D eigenvalue weighted by molar-refractivity contribution is -0.115. The fourth-order valence-electron chi connectivity index (χ4n) is 1.67. The number of nitrogens with zero attached hydrogens (tertiary/aromatic N) is 2. The van der Waals surface area contributed by atoms with Crippen LogP contribution in [0.4, 0.5) is 11.5 Å². The number of hydrogen-bond donors (Lipinski definition) is 1. The summed E-state index contributed by atoms with van der Waals surface area (Å²) in [6, 6.07) is 1.89. The Morgan fingerprint density at radius 3 is 3.27 bits per heavy atom. The van der Waals surface area contributed by atoms with E-state index in [1.165, 1.54) is 0 Å². The van der Waals surface area contributed by atoms with Gasteiger partial charge in [0.2, 0.25) is 5.91 Å². The van der Waals surface area contributed by atoms with Gasteiger partial charge in [-0.3, -0.25) is 4.79 Å². The van der Waals surface area contributed by atoms with Gasteiger partial charge in [0.05, 0.1) is 12.2 Å². The molecule has 0 atom stereocenters. The molecule has 0 radical (unpaired) electrons. The SMILES string of the molecule is C=CCN1CC(=O)Nc2c(C)ccnc21. The van der Waals surface area contributed by atoms with Gasteiger partial charge >= 0.3 is 0 Å². The second kappa shape index (κ2) is 3.73. The molecule has 4 nitrogen and oxygen atoms in total. The minimum absolute atomic E-state index is 0.000417. The number of aryl methyl sites for hydroxylation is 1. The molecule has 1 aromatic rings. The number of nitrogens with one attached hydrogen (secondary N) is 1. The van der Waals surface area contributed by atoms with Crippen molar-refractivity contribution in [1.82, 2.24) is 4.98 Å². The number of carbonyl (C=O) groups excluding carboxylic acids is 1. The summed E-state index contributed by atoms with van der Waals surface area (Å²) in [7, 11) is 0. The zero-order valence-corrected chi connectivity index (χ0v) is 8.66. The summed E-state index contributed by atoms with van der Waals surface area (Å²) in [5, 5.41) is 2.84. The summed E-state index contributed by atoms with van der Waals surface area (Å²) in [6.07, 6.45) is 3.52. The summed E-state index contributed by atoms with van der Waals surface area (Å²) < 4.78 is 0. The summed E-state index contributed by atoms with van der Waals surface area (Å²) in [4.78, 5) is 17.6. The lowest BCUT2D eigenvalue weighted by Crippen LogP contribution is -2.39. The minimum atomic E-state index is 0.000417. The van der Waals surface area contributed by atoms with Gasteiger partial charge in [0, 0.05) is 12.7 Å². The molecule has 78 valence electrons. The Kier molecular flexibility index (Phi) is 2.41. The topological polar surface area (TPSA) is 45.2 Å². The van der Waals surface area contributed by atoms with E-state index in [0.29, 0.717) is 13.1 Å². The van der Waals surface area contributed by atoms with Crippen molar-refractivity contribution in [2.24, 2.45) is 0 Å². The van der Waals surface area contributed by atoms with Crippen molar-refractivity contribution in [1.29, 1.82) is 0 Å². The maximum absolute atomic E-state index is 11.4. The van der Waals surface area contributed by atoms with Crippen LogP contribution in [0.15, 0.2) is 24.9 Å². The van der Waals surface area contributed by atoms with Crippen LogP contribution in [0, 0.1) is 6.92 Å². The van der Waals surface area contributed by atoms with E-state index in [1.807, 2.05) is 17.9 Å². The molecule has 1 aromatic heterocycles. The van der Waals surface area contributed by atoms with Crippen molar-refractivity contribution in [3.8, 4) is 0 Å². The van der Waals surface area contributed by atoms with Crippen molar-refractivity contribution in [3.63, 3.8) is 0 Å². The van der Waals surface area contributed by atoms with Gasteiger partial charge in [-0.05, 0) is 18.6 Å². The first kappa shape index (κ1) is 9.71. The first-order chi connectivity index (χ1) is 7.22. The molecule has 1 aliphatic rings. The van der Waals surface area contributed by atoms with Crippen molar-refractivity contribution in [2.75, 3.05) is 23.3 Å². The number of aromatic nitrogens is 1. The molecule has 2 heterocycles. The van der Waals surface area contributed by atoms with Crippen LogP contribution in [0.1, 0.15) is 5.56 Å². The summed E-state index contributed by atoms with van der Waals surface area (Å²) in [6.45, 7) is 6.61. The molecule has 0 bridgehead atoms. The number of fused-ring (bicyclic) bond motifs is 1. The quantitative estimate of drug-likeness (QED) is 0.738. The van der Waals surface area contributed by atoms with Gasteiger partial charge in [0.1, 0.15) is 0 Å².